The number of aliphatic hydroxyl groups excluding tert-OH is 10. The number of morpholine rings is 1. The summed E-state index contributed by atoms with van der Waals surface area (Å²) >= 11 is 0. The van der Waals surface area contributed by atoms with Crippen LogP contribution < -0.4 is 16.3 Å². The van der Waals surface area contributed by atoms with Gasteiger partial charge in [-0.25, -0.2) is 13.8 Å². The van der Waals surface area contributed by atoms with Gasteiger partial charge in [0.1, 0.15) is 48.3 Å². The van der Waals surface area contributed by atoms with Crippen LogP contribution in [-0.4, -0.2) is 189 Å². The topological polar surface area (TPSA) is 356 Å². The molecule has 0 saturated carbocycles. The zero-order valence-electron chi connectivity index (χ0n) is 39.4. The quantitative estimate of drug-likeness (QED) is 0.0442. The SMILES string of the molecule is CNC[C@H](O)[C@@H](O)[C@H](O)[C@H](O)CO.CNC[C@H](O)[C@@H](O)[C@H](O)[C@H](O)CO.[2H]C1([2H])O[C@H](O[C@H](C)c2cc(C(F)(F)F)cc(C(F)(F)F)c2)[C@H](c2ccc(F)cc2)N(Cc2nn(P(=O)(O)O)c(=O)[nH]2)C1([2H])[2H]. The molecular weight excluding hydrogens is 948 g/mol. The van der Waals surface area contributed by atoms with Crippen LogP contribution in [0, 0.1) is 5.82 Å². The molecule has 15 N–H and O–H groups in total. The van der Waals surface area contributed by atoms with Gasteiger partial charge in [-0.15, -0.1) is 9.55 Å². The van der Waals surface area contributed by atoms with Crippen molar-refractivity contribution in [1.29, 1.82) is 0 Å². The first-order valence-corrected chi connectivity index (χ1v) is 20.9. The van der Waals surface area contributed by atoms with Gasteiger partial charge < -0.3 is 81.0 Å². The van der Waals surface area contributed by atoms with Crippen molar-refractivity contribution >= 4 is 7.75 Å². The zero-order chi connectivity index (χ0) is 54.8. The predicted molar refractivity (Wildman–Crippen MR) is 216 cm³/mol. The molecule has 67 heavy (non-hydrogen) atoms. The van der Waals surface area contributed by atoms with Crippen molar-refractivity contribution in [3.05, 3.63) is 86.8 Å². The molecule has 1 aromatic heterocycles. The lowest BCUT2D eigenvalue weighted by atomic mass is 10.0. The maximum Gasteiger partial charge on any atom is 0.454 e. The van der Waals surface area contributed by atoms with Gasteiger partial charge in [-0.3, -0.25) is 9.88 Å². The molecule has 0 spiro atoms. The van der Waals surface area contributed by atoms with Crippen LogP contribution in [0.25, 0.3) is 0 Å². The molecule has 0 bridgehead atoms. The number of ether oxygens (including phenoxy) is 2. The largest absolute Gasteiger partial charge is 0.454 e. The van der Waals surface area contributed by atoms with Crippen LogP contribution in [0.15, 0.2) is 47.3 Å². The van der Waals surface area contributed by atoms with E-state index >= 15 is 0 Å². The van der Waals surface area contributed by atoms with E-state index in [1.54, 1.807) is 14.1 Å². The van der Waals surface area contributed by atoms with Crippen LogP contribution in [-0.2, 0) is 32.9 Å². The molecule has 30 heteroatoms. The highest BCUT2D eigenvalue weighted by molar-refractivity contribution is 7.49. The predicted octanol–water partition coefficient (Wildman–Crippen LogP) is -2.35. The van der Waals surface area contributed by atoms with E-state index in [-0.39, 0.29) is 29.2 Å². The number of alkyl halides is 6. The Kier molecular flexibility index (Phi) is 20.8. The number of nitrogens with zero attached hydrogens (tertiary/aromatic N) is 3. The number of rotatable bonds is 19. The third-order valence-corrected chi connectivity index (χ3v) is 10.0. The second-order valence-corrected chi connectivity index (χ2v) is 15.8. The van der Waals surface area contributed by atoms with Crippen LogP contribution in [0.1, 0.15) is 52.6 Å². The Balaban J connectivity index is 0.000000542. The molecule has 0 unspecified atom stereocenters. The molecule has 2 heterocycles. The molecule has 1 aliphatic rings. The monoisotopic (exact) mass is 1010 g/mol. The van der Waals surface area contributed by atoms with Crippen LogP contribution in [0.2, 0.25) is 0 Å². The number of hydrogen-bond donors (Lipinski definition) is 15. The number of aromatic nitrogens is 3. The average Bonchev–Trinajstić information content (AvgIpc) is 3.67. The fourth-order valence-electron chi connectivity index (χ4n) is 5.71. The number of H-pyrrole nitrogens is 1. The Morgan fingerprint density at radius 3 is 1.67 bits per heavy atom. The van der Waals surface area contributed by atoms with E-state index in [0.29, 0.717) is 17.0 Å². The van der Waals surface area contributed by atoms with Gasteiger partial charge >= 0.3 is 25.8 Å². The summed E-state index contributed by atoms with van der Waals surface area (Å²) in [5.74, 6) is -1.38. The lowest BCUT2D eigenvalue weighted by Gasteiger charge is -2.41. The third-order valence-electron chi connectivity index (χ3n) is 9.28. The Morgan fingerprint density at radius 2 is 1.28 bits per heavy atom. The van der Waals surface area contributed by atoms with Gasteiger partial charge in [-0.05, 0) is 62.5 Å². The molecule has 0 aliphatic carbocycles. The van der Waals surface area contributed by atoms with E-state index in [9.17, 15) is 60.1 Å². The first kappa shape index (κ1) is 52.8. The Hall–Kier alpha value is -3.56. The van der Waals surface area contributed by atoms with Crippen molar-refractivity contribution in [2.24, 2.45) is 0 Å². The molecular formula is C37H56F7N6O16P. The molecule has 1 fully saturated rings. The molecule has 0 amide bonds. The molecule has 1 saturated heterocycles. The summed E-state index contributed by atoms with van der Waals surface area (Å²) in [4.78, 5) is 33.4. The summed E-state index contributed by atoms with van der Waals surface area (Å²) in [6.45, 7) is -7.57. The molecule has 11 atom stereocenters. The van der Waals surface area contributed by atoms with Crippen molar-refractivity contribution in [3.8, 4) is 0 Å². The Labute approximate surface area is 382 Å². The van der Waals surface area contributed by atoms with E-state index in [1.165, 1.54) is 0 Å². The van der Waals surface area contributed by atoms with E-state index < -0.39 is 154 Å². The first-order chi connectivity index (χ1) is 32.5. The molecule has 384 valence electrons. The van der Waals surface area contributed by atoms with Crippen molar-refractivity contribution in [1.82, 2.24) is 30.1 Å². The number of aliphatic hydroxyl groups is 10. The molecule has 0 radical (unpaired) electrons. The third kappa shape index (κ3) is 18.0. The second kappa shape index (κ2) is 26.4. The number of aromatic amines is 1. The normalized spacial score (nSPS) is 22.6. The van der Waals surface area contributed by atoms with E-state index in [2.05, 4.69) is 15.7 Å². The van der Waals surface area contributed by atoms with Gasteiger partial charge in [0, 0.05) is 22.3 Å². The van der Waals surface area contributed by atoms with Crippen molar-refractivity contribution in [2.75, 3.05) is 53.5 Å². The number of likely N-dealkylation sites (N-methyl/N-ethyl adjacent to an activating group) is 2. The number of nitrogens with one attached hydrogen (secondary N) is 3. The van der Waals surface area contributed by atoms with Gasteiger partial charge in [0.05, 0.1) is 64.5 Å². The molecule has 22 nitrogen and oxygen atoms in total. The maximum absolute atomic E-state index is 13.8. The fourth-order valence-corrected chi connectivity index (χ4v) is 6.22. The lowest BCUT2D eigenvalue weighted by molar-refractivity contribution is -0.231. The highest BCUT2D eigenvalue weighted by Crippen LogP contribution is 2.40. The summed E-state index contributed by atoms with van der Waals surface area (Å²) in [7, 11) is -2.15. The van der Waals surface area contributed by atoms with Gasteiger partial charge in [0.2, 0.25) is 0 Å². The minimum Gasteiger partial charge on any atom is -0.394 e. The summed E-state index contributed by atoms with van der Waals surface area (Å²) in [6.07, 6.45) is -25.4. The minimum absolute atomic E-state index is 0.0650. The zero-order valence-corrected chi connectivity index (χ0v) is 36.3. The first-order valence-electron chi connectivity index (χ1n) is 21.3. The van der Waals surface area contributed by atoms with Crippen molar-refractivity contribution in [3.63, 3.8) is 0 Å². The van der Waals surface area contributed by atoms with Gasteiger partial charge in [0.25, 0.3) is 0 Å². The highest BCUT2D eigenvalue weighted by Gasteiger charge is 2.40. The van der Waals surface area contributed by atoms with Gasteiger partial charge in [0.15, 0.2) is 6.29 Å². The maximum atomic E-state index is 13.8. The summed E-state index contributed by atoms with van der Waals surface area (Å²) in [5.41, 5.74) is -5.48. The molecule has 4 rings (SSSR count). The Morgan fingerprint density at radius 1 is 0.836 bits per heavy atom. The number of halogens is 7. The summed E-state index contributed by atoms with van der Waals surface area (Å²) in [5, 5.41) is 98.4. The lowest BCUT2D eigenvalue weighted by Crippen LogP contribution is -2.48. The van der Waals surface area contributed by atoms with Crippen molar-refractivity contribution < 1.29 is 111 Å². The highest BCUT2D eigenvalue weighted by atomic mass is 31.2. The second-order valence-electron chi connectivity index (χ2n) is 14.4. The van der Waals surface area contributed by atoms with Crippen LogP contribution >= 0.6 is 7.75 Å². The van der Waals surface area contributed by atoms with Gasteiger partial charge in [-0.1, -0.05) is 12.1 Å². The summed E-state index contributed by atoms with van der Waals surface area (Å²) in [6, 6.07) is 2.93. The average molecular weight is 1010 g/mol. The molecule has 2 aromatic carbocycles. The van der Waals surface area contributed by atoms with E-state index in [0.717, 1.165) is 31.2 Å². The standard InChI is InChI=1S/C23H22F7N4O6P.2C7H17NO5/c1-12(14-8-15(22(25,26)27)10-16(9-14)23(28,29)30)40-20-19(13-2-4-17(24)5-3-13)33(6-7-39-20)11-18-31-21(35)34(32-18)41(36,37)38;2*1-8-2-4(10)6(12)7(13)5(11)3-9/h2-5,8-10,12,19-20H,6-7,11H2,1H3,(H,31,32,35)(H2,36,37,38);2*4-13H,2-3H2,1H3/t12-,19+,20-;2*4-,5+,6+,7+/m100/s1/i6D2,7D2;;. The van der Waals surface area contributed by atoms with Gasteiger partial charge in [-0.2, -0.15) is 26.3 Å². The van der Waals surface area contributed by atoms with Crippen molar-refractivity contribution in [2.45, 2.75) is 93.1 Å². The number of hydrogen-bond acceptors (Lipinski definition) is 18. The summed E-state index contributed by atoms with van der Waals surface area (Å²) < 4.78 is 150. The van der Waals surface area contributed by atoms with Crippen LogP contribution in [0.5, 0.6) is 0 Å². The van der Waals surface area contributed by atoms with E-state index in [4.69, 9.17) is 55.8 Å². The Bertz CT molecular complexity index is 2160. The smallest absolute Gasteiger partial charge is 0.394 e. The van der Waals surface area contributed by atoms with Crippen LogP contribution in [0.3, 0.4) is 0 Å². The van der Waals surface area contributed by atoms with E-state index in [1.807, 2.05) is 4.98 Å². The molecule has 1 aliphatic heterocycles. The minimum atomic E-state index is -5.30. The molecule has 3 aromatic rings. The fraction of sp³-hybridized carbons (Fsp3) is 0.622. The van der Waals surface area contributed by atoms with Crippen LogP contribution in [0.4, 0.5) is 30.7 Å². The number of benzene rings is 2.